The van der Waals surface area contributed by atoms with E-state index in [-0.39, 0.29) is 29.7 Å². The Morgan fingerprint density at radius 3 is 2.45 bits per heavy atom. The first-order valence-electron chi connectivity index (χ1n) is 9.59. The Balaban J connectivity index is 1.82. The van der Waals surface area contributed by atoms with Crippen molar-refractivity contribution in [3.05, 3.63) is 41.1 Å². The van der Waals surface area contributed by atoms with Crippen molar-refractivity contribution in [2.24, 2.45) is 11.7 Å². The summed E-state index contributed by atoms with van der Waals surface area (Å²) in [6.45, 7) is 8.40. The number of hydrogen-bond acceptors (Lipinski definition) is 4. The van der Waals surface area contributed by atoms with Crippen LogP contribution < -0.4 is 11.1 Å². The zero-order valence-electron chi connectivity index (χ0n) is 17.1. The number of hydrogen-bond donors (Lipinski definition) is 3. The Bertz CT molecular complexity index is 875. The van der Waals surface area contributed by atoms with Crippen molar-refractivity contribution in [3.63, 3.8) is 0 Å². The smallest absolute Gasteiger partial charge is 0.352 e. The number of fused-ring (bicyclic) bond motifs is 1. The minimum atomic E-state index is -1.82. The lowest BCUT2D eigenvalue weighted by atomic mass is 9.82. The Hall–Kier alpha value is -2.65. The summed E-state index contributed by atoms with van der Waals surface area (Å²) in [6, 6.07) is 6.44. The summed E-state index contributed by atoms with van der Waals surface area (Å²) in [7, 11) is -1.82. The Labute approximate surface area is 170 Å². The summed E-state index contributed by atoms with van der Waals surface area (Å²) in [5, 5.41) is 12.3. The number of β-lactam (4-membered cyclic amide) rings is 1. The number of rotatable bonds is 7. The maximum Gasteiger partial charge on any atom is 0.352 e. The lowest BCUT2D eigenvalue weighted by Crippen LogP contribution is -2.63. The first-order chi connectivity index (χ1) is 13.5. The van der Waals surface area contributed by atoms with Crippen LogP contribution in [0, 0.1) is 5.92 Å². The number of carboxylic acid groups (broad SMARTS) is 1. The van der Waals surface area contributed by atoms with E-state index in [4.69, 9.17) is 10.2 Å². The molecule has 3 rings (SSSR count). The third kappa shape index (κ3) is 4.20. The molecular weight excluding hydrogens is 390 g/mol. The molecule has 1 saturated heterocycles. The fraction of sp³-hybridized carbons (Fsp3) is 0.450. The number of nitrogens with two attached hydrogens (primary N) is 1. The standard InChI is InChI=1S/C20H27N3O5Si/c1-11(28-29(2,3)4)16-15-9-14(17(19(25)26)23(15)18(16)24)13-7-5-12(6-8-13)10-22-20(21)27/h5-8,11,15-16H,9-10H2,1-4H3,(H,25,26)(H3,21,22,27)/t11-,15-,16-/m1/s1. The van der Waals surface area contributed by atoms with Gasteiger partial charge < -0.3 is 25.5 Å². The van der Waals surface area contributed by atoms with Gasteiger partial charge in [-0.3, -0.25) is 4.79 Å². The van der Waals surface area contributed by atoms with Crippen LogP contribution in [0.5, 0.6) is 0 Å². The molecule has 9 heteroatoms. The normalized spacial score (nSPS) is 22.2. The monoisotopic (exact) mass is 417 g/mol. The second-order valence-corrected chi connectivity index (χ2v) is 12.9. The van der Waals surface area contributed by atoms with Gasteiger partial charge in [0.1, 0.15) is 5.70 Å². The molecule has 3 amide bonds. The van der Waals surface area contributed by atoms with Crippen molar-refractivity contribution < 1.29 is 23.9 Å². The maximum absolute atomic E-state index is 12.8. The van der Waals surface area contributed by atoms with Gasteiger partial charge in [-0.05, 0) is 49.7 Å². The first kappa shape index (κ1) is 21.1. The van der Waals surface area contributed by atoms with Crippen LogP contribution in [0.2, 0.25) is 19.6 Å². The number of carboxylic acids is 1. The Morgan fingerprint density at radius 2 is 1.93 bits per heavy atom. The summed E-state index contributed by atoms with van der Waals surface area (Å²) in [5.41, 5.74) is 7.38. The van der Waals surface area contributed by atoms with Gasteiger partial charge in [-0.25, -0.2) is 9.59 Å². The van der Waals surface area contributed by atoms with Crippen LogP contribution >= 0.6 is 0 Å². The Morgan fingerprint density at radius 1 is 1.31 bits per heavy atom. The molecular formula is C20H27N3O5Si. The summed E-state index contributed by atoms with van der Waals surface area (Å²) in [4.78, 5) is 37.0. The molecule has 4 N–H and O–H groups in total. The van der Waals surface area contributed by atoms with Crippen LogP contribution in [0.15, 0.2) is 30.0 Å². The quantitative estimate of drug-likeness (QED) is 0.463. The van der Waals surface area contributed by atoms with E-state index in [1.807, 2.05) is 31.2 Å². The van der Waals surface area contributed by atoms with E-state index >= 15 is 0 Å². The van der Waals surface area contributed by atoms with Gasteiger partial charge in [-0.1, -0.05) is 24.3 Å². The molecule has 2 aliphatic heterocycles. The van der Waals surface area contributed by atoms with Crippen molar-refractivity contribution in [2.75, 3.05) is 0 Å². The number of nitrogens with zero attached hydrogens (tertiary/aromatic N) is 1. The molecule has 0 unspecified atom stereocenters. The summed E-state index contributed by atoms with van der Waals surface area (Å²) in [5.74, 6) is -1.62. The molecule has 0 spiro atoms. The molecule has 0 saturated carbocycles. The molecule has 8 nitrogen and oxygen atoms in total. The van der Waals surface area contributed by atoms with Crippen LogP contribution in [0.1, 0.15) is 24.5 Å². The zero-order chi connectivity index (χ0) is 21.5. The molecule has 1 aromatic rings. The zero-order valence-corrected chi connectivity index (χ0v) is 18.1. The SMILES string of the molecule is C[C@@H](O[Si](C)(C)C)[C@H]1C(=O)N2C(C(=O)O)=C(c3ccc(CNC(N)=O)cc3)C[C@H]12. The van der Waals surface area contributed by atoms with Crippen molar-refractivity contribution in [1.29, 1.82) is 0 Å². The average molecular weight is 418 g/mol. The molecule has 0 aliphatic carbocycles. The van der Waals surface area contributed by atoms with E-state index < -0.39 is 20.3 Å². The lowest BCUT2D eigenvalue weighted by molar-refractivity contribution is -0.160. The fourth-order valence-electron chi connectivity index (χ4n) is 4.16. The van der Waals surface area contributed by atoms with Crippen LogP contribution in [0.4, 0.5) is 4.79 Å². The van der Waals surface area contributed by atoms with Gasteiger partial charge in [-0.2, -0.15) is 0 Å². The van der Waals surface area contributed by atoms with E-state index in [1.165, 1.54) is 4.90 Å². The Kier molecular flexibility index (Phi) is 5.55. The third-order valence-corrected chi connectivity index (χ3v) is 6.30. The van der Waals surface area contributed by atoms with Gasteiger partial charge >= 0.3 is 12.0 Å². The number of primary amides is 1. The van der Waals surface area contributed by atoms with E-state index in [0.29, 0.717) is 18.5 Å². The number of nitrogens with one attached hydrogen (secondary N) is 1. The van der Waals surface area contributed by atoms with Crippen LogP contribution in [-0.2, 0) is 20.6 Å². The van der Waals surface area contributed by atoms with E-state index in [0.717, 1.165) is 11.1 Å². The van der Waals surface area contributed by atoms with Gasteiger partial charge in [0.15, 0.2) is 8.32 Å². The highest BCUT2D eigenvalue weighted by molar-refractivity contribution is 6.69. The first-order valence-corrected chi connectivity index (χ1v) is 13.0. The van der Waals surface area contributed by atoms with Crippen LogP contribution in [-0.4, -0.2) is 48.4 Å². The third-order valence-electron chi connectivity index (χ3n) is 5.23. The number of urea groups is 1. The highest BCUT2D eigenvalue weighted by Crippen LogP contribution is 2.47. The molecule has 156 valence electrons. The molecule has 1 aromatic carbocycles. The summed E-state index contributed by atoms with van der Waals surface area (Å²) < 4.78 is 6.10. The van der Waals surface area contributed by atoms with Crippen molar-refractivity contribution >= 4 is 31.8 Å². The number of amides is 3. The number of benzene rings is 1. The van der Waals surface area contributed by atoms with Gasteiger partial charge in [0.2, 0.25) is 5.91 Å². The minimum Gasteiger partial charge on any atom is -0.477 e. The number of aliphatic carboxylic acids is 1. The number of carbonyl (C=O) groups is 3. The predicted molar refractivity (Wildman–Crippen MR) is 110 cm³/mol. The van der Waals surface area contributed by atoms with E-state index in [1.54, 1.807) is 0 Å². The second kappa shape index (κ2) is 7.64. The largest absolute Gasteiger partial charge is 0.477 e. The lowest BCUT2D eigenvalue weighted by Gasteiger charge is -2.47. The molecule has 0 aromatic heterocycles. The van der Waals surface area contributed by atoms with Crippen molar-refractivity contribution in [1.82, 2.24) is 10.2 Å². The minimum absolute atomic E-state index is 0.0551. The van der Waals surface area contributed by atoms with Gasteiger partial charge in [-0.15, -0.1) is 0 Å². The van der Waals surface area contributed by atoms with Crippen molar-refractivity contribution in [3.8, 4) is 0 Å². The maximum atomic E-state index is 12.8. The molecule has 0 bridgehead atoms. The molecule has 29 heavy (non-hydrogen) atoms. The average Bonchev–Trinajstić information content (AvgIpc) is 2.94. The molecule has 2 heterocycles. The summed E-state index contributed by atoms with van der Waals surface area (Å²) >= 11 is 0. The van der Waals surface area contributed by atoms with E-state index in [2.05, 4.69) is 25.0 Å². The van der Waals surface area contributed by atoms with E-state index in [9.17, 15) is 19.5 Å². The fourth-order valence-corrected chi connectivity index (χ4v) is 5.42. The molecule has 0 radical (unpaired) electrons. The number of carbonyl (C=O) groups excluding carboxylic acids is 2. The molecule has 2 aliphatic rings. The second-order valence-electron chi connectivity index (χ2n) is 8.49. The van der Waals surface area contributed by atoms with Gasteiger partial charge in [0.25, 0.3) is 0 Å². The van der Waals surface area contributed by atoms with Crippen LogP contribution in [0.25, 0.3) is 5.57 Å². The van der Waals surface area contributed by atoms with Gasteiger partial charge in [0, 0.05) is 6.54 Å². The van der Waals surface area contributed by atoms with Gasteiger partial charge in [0.05, 0.1) is 18.1 Å². The molecule has 3 atom stereocenters. The van der Waals surface area contributed by atoms with Crippen LogP contribution in [0.3, 0.4) is 0 Å². The summed E-state index contributed by atoms with van der Waals surface area (Å²) in [6.07, 6.45) is 0.239. The highest BCUT2D eigenvalue weighted by Gasteiger charge is 2.57. The highest BCUT2D eigenvalue weighted by atomic mass is 28.4. The van der Waals surface area contributed by atoms with Crippen molar-refractivity contribution in [2.45, 2.75) is 51.7 Å². The predicted octanol–water partition coefficient (Wildman–Crippen LogP) is 2.12. The molecule has 1 fully saturated rings. The topological polar surface area (TPSA) is 122 Å².